The van der Waals surface area contributed by atoms with Crippen molar-refractivity contribution in [1.29, 1.82) is 0 Å². The Morgan fingerprint density at radius 1 is 1.22 bits per heavy atom. The molecule has 27 heavy (non-hydrogen) atoms. The van der Waals surface area contributed by atoms with Crippen molar-refractivity contribution in [2.24, 2.45) is 0 Å². The van der Waals surface area contributed by atoms with E-state index < -0.39 is 11.9 Å². The Hall–Kier alpha value is -2.31. The van der Waals surface area contributed by atoms with Gasteiger partial charge in [-0.2, -0.15) is 5.10 Å². The first kappa shape index (κ1) is 19.5. The Balaban J connectivity index is 1.49. The van der Waals surface area contributed by atoms with E-state index in [9.17, 15) is 9.59 Å². The highest BCUT2D eigenvalue weighted by Gasteiger charge is 2.20. The van der Waals surface area contributed by atoms with Crippen molar-refractivity contribution in [2.75, 3.05) is 11.9 Å². The lowest BCUT2D eigenvalue weighted by Gasteiger charge is -2.14. The molecule has 0 aliphatic heterocycles. The van der Waals surface area contributed by atoms with Gasteiger partial charge in [-0.25, -0.2) is 9.48 Å². The van der Waals surface area contributed by atoms with Gasteiger partial charge >= 0.3 is 5.97 Å². The second-order valence-electron chi connectivity index (χ2n) is 6.26. The number of amides is 1. The molecule has 1 heterocycles. The largest absolute Gasteiger partial charge is 0.452 e. The standard InChI is InChI=1S/C19H19Cl2N3O3/c20-15-7-5-13(11-16(15)21)6-8-19(26)27-12-18(25)23-17-9-10-22-24(17)14-3-1-2-4-14/h5-11,14H,1-4,12H2,(H,23,25)/b8-6+. The fourth-order valence-electron chi connectivity index (χ4n) is 3.00. The lowest BCUT2D eigenvalue weighted by atomic mass is 10.2. The Morgan fingerprint density at radius 3 is 2.74 bits per heavy atom. The molecule has 1 fully saturated rings. The van der Waals surface area contributed by atoms with Gasteiger partial charge in [-0.05, 0) is 36.6 Å². The van der Waals surface area contributed by atoms with Gasteiger partial charge in [0.15, 0.2) is 6.61 Å². The maximum atomic E-state index is 12.1. The van der Waals surface area contributed by atoms with E-state index in [1.54, 1.807) is 30.5 Å². The van der Waals surface area contributed by atoms with Crippen molar-refractivity contribution in [3.63, 3.8) is 0 Å². The molecular formula is C19H19Cl2N3O3. The monoisotopic (exact) mass is 407 g/mol. The highest BCUT2D eigenvalue weighted by molar-refractivity contribution is 6.42. The fourth-order valence-corrected chi connectivity index (χ4v) is 3.30. The van der Waals surface area contributed by atoms with Crippen molar-refractivity contribution in [2.45, 2.75) is 31.7 Å². The van der Waals surface area contributed by atoms with Gasteiger partial charge in [0.05, 0.1) is 22.3 Å². The summed E-state index contributed by atoms with van der Waals surface area (Å²) in [7, 11) is 0. The van der Waals surface area contributed by atoms with E-state index in [2.05, 4.69) is 10.4 Å². The quantitative estimate of drug-likeness (QED) is 0.564. The number of carbonyl (C=O) groups is 2. The van der Waals surface area contributed by atoms with Crippen LogP contribution in [0.5, 0.6) is 0 Å². The van der Waals surface area contributed by atoms with Crippen molar-refractivity contribution >= 4 is 47.0 Å². The van der Waals surface area contributed by atoms with Crippen LogP contribution in [-0.2, 0) is 14.3 Å². The SMILES string of the molecule is O=C(COC(=O)/C=C/c1ccc(Cl)c(Cl)c1)Nc1ccnn1C1CCCC1. The van der Waals surface area contributed by atoms with Gasteiger partial charge in [0, 0.05) is 12.1 Å². The summed E-state index contributed by atoms with van der Waals surface area (Å²) in [6.45, 7) is -0.375. The summed E-state index contributed by atoms with van der Waals surface area (Å²) >= 11 is 11.8. The molecule has 0 spiro atoms. The van der Waals surface area contributed by atoms with Crippen molar-refractivity contribution in [1.82, 2.24) is 9.78 Å². The first-order valence-electron chi connectivity index (χ1n) is 8.66. The first-order chi connectivity index (χ1) is 13.0. The number of halogens is 2. The van der Waals surface area contributed by atoms with E-state index in [0.29, 0.717) is 27.5 Å². The number of hydrogen-bond donors (Lipinski definition) is 1. The van der Waals surface area contributed by atoms with Crippen molar-refractivity contribution in [3.05, 3.63) is 52.1 Å². The smallest absolute Gasteiger partial charge is 0.331 e. The van der Waals surface area contributed by atoms with Crippen LogP contribution in [0.2, 0.25) is 10.0 Å². The van der Waals surface area contributed by atoms with Gasteiger partial charge in [0.1, 0.15) is 5.82 Å². The molecular weight excluding hydrogens is 389 g/mol. The third kappa shape index (κ3) is 5.34. The van der Waals surface area contributed by atoms with Gasteiger partial charge in [-0.3, -0.25) is 4.79 Å². The molecule has 142 valence electrons. The third-order valence-electron chi connectivity index (χ3n) is 4.31. The summed E-state index contributed by atoms with van der Waals surface area (Å²) in [5, 5.41) is 7.85. The average Bonchev–Trinajstić information content (AvgIpc) is 3.32. The second kappa shape index (κ2) is 9.06. The van der Waals surface area contributed by atoms with Crippen LogP contribution >= 0.6 is 23.2 Å². The molecule has 1 aliphatic rings. The van der Waals surface area contributed by atoms with Crippen LogP contribution in [0.3, 0.4) is 0 Å². The zero-order chi connectivity index (χ0) is 19.2. The Labute approximate surface area is 167 Å². The number of aromatic nitrogens is 2. The number of benzene rings is 1. The molecule has 1 aromatic heterocycles. The maximum Gasteiger partial charge on any atom is 0.331 e. The van der Waals surface area contributed by atoms with Crippen LogP contribution in [-0.4, -0.2) is 28.3 Å². The number of rotatable bonds is 6. The Kier molecular flexibility index (Phi) is 6.53. The van der Waals surface area contributed by atoms with Crippen molar-refractivity contribution in [3.8, 4) is 0 Å². The summed E-state index contributed by atoms with van der Waals surface area (Å²) in [5.41, 5.74) is 0.700. The summed E-state index contributed by atoms with van der Waals surface area (Å²) in [5.74, 6) is -0.416. The highest BCUT2D eigenvalue weighted by atomic mass is 35.5. The Bertz CT molecular complexity index is 858. The van der Waals surface area contributed by atoms with E-state index in [1.165, 1.54) is 25.0 Å². The van der Waals surface area contributed by atoms with Crippen LogP contribution in [0.4, 0.5) is 5.82 Å². The highest BCUT2D eigenvalue weighted by Crippen LogP contribution is 2.31. The van der Waals surface area contributed by atoms with Crippen LogP contribution in [0, 0.1) is 0 Å². The summed E-state index contributed by atoms with van der Waals surface area (Å²) < 4.78 is 6.80. The molecule has 8 heteroatoms. The van der Waals surface area contributed by atoms with Gasteiger partial charge in [-0.15, -0.1) is 0 Å². The molecule has 1 amide bonds. The second-order valence-corrected chi connectivity index (χ2v) is 7.08. The number of hydrogen-bond acceptors (Lipinski definition) is 4. The minimum Gasteiger partial charge on any atom is -0.452 e. The minimum absolute atomic E-state index is 0.312. The van der Waals surface area contributed by atoms with Crippen molar-refractivity contribution < 1.29 is 14.3 Å². The number of anilines is 1. The molecule has 3 rings (SSSR count). The van der Waals surface area contributed by atoms with Crippen LogP contribution < -0.4 is 5.32 Å². The number of nitrogens with zero attached hydrogens (tertiary/aromatic N) is 2. The molecule has 0 saturated heterocycles. The lowest BCUT2D eigenvalue weighted by molar-refractivity contribution is -0.142. The van der Waals surface area contributed by atoms with Crippen LogP contribution in [0.25, 0.3) is 6.08 Å². The summed E-state index contributed by atoms with van der Waals surface area (Å²) in [4.78, 5) is 23.8. The third-order valence-corrected chi connectivity index (χ3v) is 5.05. The van der Waals surface area contributed by atoms with Gasteiger partial charge < -0.3 is 10.1 Å². The normalized spacial score (nSPS) is 14.6. The predicted molar refractivity (Wildman–Crippen MR) is 105 cm³/mol. The maximum absolute atomic E-state index is 12.1. The first-order valence-corrected chi connectivity index (χ1v) is 9.42. The minimum atomic E-state index is -0.625. The number of nitrogens with one attached hydrogen (secondary N) is 1. The molecule has 6 nitrogen and oxygen atoms in total. The zero-order valence-corrected chi connectivity index (χ0v) is 16.0. The molecule has 1 N–H and O–H groups in total. The van der Waals surface area contributed by atoms with Gasteiger partial charge in [0.2, 0.25) is 0 Å². The van der Waals surface area contributed by atoms with E-state index in [-0.39, 0.29) is 6.61 Å². The topological polar surface area (TPSA) is 73.2 Å². The zero-order valence-electron chi connectivity index (χ0n) is 14.5. The van der Waals surface area contributed by atoms with Crippen LogP contribution in [0.1, 0.15) is 37.3 Å². The van der Waals surface area contributed by atoms with Crippen LogP contribution in [0.15, 0.2) is 36.5 Å². The molecule has 1 saturated carbocycles. The molecule has 0 radical (unpaired) electrons. The molecule has 0 unspecified atom stereocenters. The Morgan fingerprint density at radius 2 is 2.00 bits per heavy atom. The molecule has 1 aromatic carbocycles. The lowest BCUT2D eigenvalue weighted by Crippen LogP contribution is -2.22. The van der Waals surface area contributed by atoms with E-state index in [1.807, 2.05) is 4.68 Å². The van der Waals surface area contributed by atoms with Gasteiger partial charge in [-0.1, -0.05) is 42.1 Å². The number of ether oxygens (including phenoxy) is 1. The molecule has 1 aliphatic carbocycles. The summed E-state index contributed by atoms with van der Waals surface area (Å²) in [6, 6.07) is 7.03. The molecule has 2 aromatic rings. The molecule has 0 bridgehead atoms. The summed E-state index contributed by atoms with van der Waals surface area (Å²) in [6.07, 6.45) is 8.87. The number of esters is 1. The number of carbonyl (C=O) groups excluding carboxylic acids is 2. The van der Waals surface area contributed by atoms with Gasteiger partial charge in [0.25, 0.3) is 5.91 Å². The van der Waals surface area contributed by atoms with E-state index in [4.69, 9.17) is 27.9 Å². The van der Waals surface area contributed by atoms with E-state index in [0.717, 1.165) is 12.8 Å². The van der Waals surface area contributed by atoms with E-state index >= 15 is 0 Å². The molecule has 0 atom stereocenters. The predicted octanol–water partition coefficient (Wildman–Crippen LogP) is 4.50. The fraction of sp³-hybridized carbons (Fsp3) is 0.316. The average molecular weight is 408 g/mol.